The lowest BCUT2D eigenvalue weighted by Crippen LogP contribution is -2.46. The average Bonchev–Trinajstić information content (AvgIpc) is 2.37. The van der Waals surface area contributed by atoms with E-state index in [1.165, 1.54) is 38.0 Å². The summed E-state index contributed by atoms with van der Waals surface area (Å²) in [7, 11) is 0. The zero-order valence-corrected chi connectivity index (χ0v) is 13.0. The number of rotatable bonds is 4. The fraction of sp³-hybridized carbons (Fsp3) is 1.00. The molecule has 0 N–H and O–H groups in total. The van der Waals surface area contributed by atoms with Crippen LogP contribution in [0.15, 0.2) is 0 Å². The Morgan fingerprint density at radius 2 is 1.94 bits per heavy atom. The maximum Gasteiger partial charge on any atom is 0.0601 e. The molecule has 106 valence electrons. The Labute approximate surface area is 117 Å². The predicted molar refractivity (Wildman–Crippen MR) is 80.3 cm³/mol. The number of hydrogen-bond donors (Lipinski definition) is 0. The molecule has 18 heavy (non-hydrogen) atoms. The van der Waals surface area contributed by atoms with E-state index in [9.17, 15) is 0 Å². The Kier molecular flexibility index (Phi) is 5.84. The van der Waals surface area contributed by atoms with Crippen molar-refractivity contribution in [2.45, 2.75) is 63.9 Å². The van der Waals surface area contributed by atoms with E-state index in [4.69, 9.17) is 4.74 Å². The van der Waals surface area contributed by atoms with Crippen LogP contribution in [0.5, 0.6) is 0 Å². The fourth-order valence-electron chi connectivity index (χ4n) is 3.16. The van der Waals surface area contributed by atoms with Crippen LogP contribution >= 0.6 is 11.8 Å². The molecular weight excluding hydrogens is 242 g/mol. The average molecular weight is 271 g/mol. The van der Waals surface area contributed by atoms with Gasteiger partial charge >= 0.3 is 0 Å². The van der Waals surface area contributed by atoms with E-state index in [1.807, 2.05) is 0 Å². The molecule has 0 spiro atoms. The first-order valence-electron chi connectivity index (χ1n) is 7.65. The minimum absolute atomic E-state index is 0.533. The maximum absolute atomic E-state index is 6.13. The molecule has 0 bridgehead atoms. The molecule has 4 atom stereocenters. The van der Waals surface area contributed by atoms with Crippen LogP contribution in [0.3, 0.4) is 0 Å². The van der Waals surface area contributed by atoms with Gasteiger partial charge < -0.3 is 4.74 Å². The van der Waals surface area contributed by atoms with E-state index >= 15 is 0 Å². The summed E-state index contributed by atoms with van der Waals surface area (Å²) in [6, 6.07) is 0.705. The largest absolute Gasteiger partial charge is 0.377 e. The number of thioether (sulfide) groups is 1. The highest BCUT2D eigenvalue weighted by atomic mass is 32.2. The molecule has 3 heteroatoms. The van der Waals surface area contributed by atoms with Gasteiger partial charge in [-0.1, -0.05) is 26.7 Å². The van der Waals surface area contributed by atoms with E-state index in [-0.39, 0.29) is 0 Å². The molecule has 2 rings (SSSR count). The van der Waals surface area contributed by atoms with Crippen molar-refractivity contribution >= 4 is 11.8 Å². The Morgan fingerprint density at radius 1 is 1.17 bits per heavy atom. The molecule has 0 aromatic heterocycles. The van der Waals surface area contributed by atoms with Gasteiger partial charge in [-0.3, -0.25) is 4.90 Å². The molecule has 2 nitrogen and oxygen atoms in total. The molecular formula is C15H29NOS. The topological polar surface area (TPSA) is 12.5 Å². The lowest BCUT2D eigenvalue weighted by Gasteiger charge is -2.38. The molecule has 0 radical (unpaired) electrons. The quantitative estimate of drug-likeness (QED) is 0.777. The molecule has 2 aliphatic rings. The second-order valence-corrected chi connectivity index (χ2v) is 7.51. The standard InChI is InChI=1S/C15H29NOS/c1-12-6-4-5-7-15(12)17-10-8-16-9-11-18-14(3)13(16)2/h12-15H,4-11H2,1-3H3/t12-,13+,14+,15+/m1/s1. The molecule has 1 aliphatic carbocycles. The summed E-state index contributed by atoms with van der Waals surface area (Å²) in [6.07, 6.45) is 5.94. The molecule has 0 amide bonds. The number of hydrogen-bond acceptors (Lipinski definition) is 3. The molecule has 0 aromatic carbocycles. The summed E-state index contributed by atoms with van der Waals surface area (Å²) in [5.41, 5.74) is 0. The Balaban J connectivity index is 1.68. The molecule has 1 heterocycles. The van der Waals surface area contributed by atoms with Crippen LogP contribution in [0.2, 0.25) is 0 Å². The van der Waals surface area contributed by atoms with Crippen LogP contribution in [0, 0.1) is 5.92 Å². The Hall–Kier alpha value is 0.270. The van der Waals surface area contributed by atoms with E-state index in [0.717, 1.165) is 24.3 Å². The lowest BCUT2D eigenvalue weighted by atomic mass is 9.88. The molecule has 0 aromatic rings. The molecule has 1 saturated carbocycles. The van der Waals surface area contributed by atoms with Crippen molar-refractivity contribution in [3.8, 4) is 0 Å². The monoisotopic (exact) mass is 271 g/mol. The van der Waals surface area contributed by atoms with E-state index < -0.39 is 0 Å². The van der Waals surface area contributed by atoms with E-state index in [0.29, 0.717) is 12.1 Å². The highest BCUT2D eigenvalue weighted by molar-refractivity contribution is 8.00. The van der Waals surface area contributed by atoms with Crippen LogP contribution in [0.4, 0.5) is 0 Å². The number of ether oxygens (including phenoxy) is 1. The molecule has 0 unspecified atom stereocenters. The second-order valence-electron chi connectivity index (χ2n) is 6.02. The zero-order valence-electron chi connectivity index (χ0n) is 12.2. The summed E-state index contributed by atoms with van der Waals surface area (Å²) in [5.74, 6) is 2.05. The molecule has 1 saturated heterocycles. The summed E-state index contributed by atoms with van der Waals surface area (Å²) >= 11 is 2.11. The van der Waals surface area contributed by atoms with Crippen LogP contribution in [0.25, 0.3) is 0 Å². The first kappa shape index (κ1) is 14.7. The third kappa shape index (κ3) is 3.88. The van der Waals surface area contributed by atoms with Gasteiger partial charge in [0, 0.05) is 30.1 Å². The SMILES string of the molecule is C[C@@H]1CCCC[C@@H]1OCCN1CCS[C@@H](C)[C@@H]1C. The van der Waals surface area contributed by atoms with Gasteiger partial charge in [0.2, 0.25) is 0 Å². The summed E-state index contributed by atoms with van der Waals surface area (Å²) in [5, 5.41) is 0.771. The van der Waals surface area contributed by atoms with Crippen molar-refractivity contribution in [3.63, 3.8) is 0 Å². The molecule has 2 fully saturated rings. The first-order chi connectivity index (χ1) is 8.68. The van der Waals surface area contributed by atoms with Gasteiger partial charge in [-0.2, -0.15) is 11.8 Å². The van der Waals surface area contributed by atoms with Crippen LogP contribution in [0.1, 0.15) is 46.5 Å². The van der Waals surface area contributed by atoms with Crippen molar-refractivity contribution in [1.29, 1.82) is 0 Å². The van der Waals surface area contributed by atoms with Gasteiger partial charge in [0.15, 0.2) is 0 Å². The van der Waals surface area contributed by atoms with Gasteiger partial charge in [-0.25, -0.2) is 0 Å². The summed E-state index contributed by atoms with van der Waals surface area (Å²) < 4.78 is 6.13. The van der Waals surface area contributed by atoms with Crippen LogP contribution in [-0.4, -0.2) is 47.7 Å². The third-order valence-corrected chi connectivity index (χ3v) is 6.10. The van der Waals surface area contributed by atoms with E-state index in [2.05, 4.69) is 37.4 Å². The van der Waals surface area contributed by atoms with Crippen LogP contribution < -0.4 is 0 Å². The van der Waals surface area contributed by atoms with Gasteiger partial charge in [0.25, 0.3) is 0 Å². The highest BCUT2D eigenvalue weighted by Crippen LogP contribution is 2.27. The second kappa shape index (κ2) is 7.16. The fourth-order valence-corrected chi connectivity index (χ4v) is 4.32. The van der Waals surface area contributed by atoms with E-state index in [1.54, 1.807) is 0 Å². The number of nitrogens with zero attached hydrogens (tertiary/aromatic N) is 1. The van der Waals surface area contributed by atoms with Crippen molar-refractivity contribution in [1.82, 2.24) is 4.90 Å². The minimum Gasteiger partial charge on any atom is -0.377 e. The minimum atomic E-state index is 0.533. The Morgan fingerprint density at radius 3 is 2.72 bits per heavy atom. The van der Waals surface area contributed by atoms with Crippen molar-refractivity contribution in [2.24, 2.45) is 5.92 Å². The maximum atomic E-state index is 6.13. The third-order valence-electron chi connectivity index (χ3n) is 4.76. The van der Waals surface area contributed by atoms with Gasteiger partial charge in [0.1, 0.15) is 0 Å². The lowest BCUT2D eigenvalue weighted by molar-refractivity contribution is -0.0168. The van der Waals surface area contributed by atoms with Crippen molar-refractivity contribution in [2.75, 3.05) is 25.4 Å². The first-order valence-corrected chi connectivity index (χ1v) is 8.70. The predicted octanol–water partition coefficient (Wildman–Crippen LogP) is 3.41. The smallest absolute Gasteiger partial charge is 0.0601 e. The summed E-state index contributed by atoms with van der Waals surface area (Å²) in [4.78, 5) is 2.61. The van der Waals surface area contributed by atoms with Crippen molar-refractivity contribution < 1.29 is 4.74 Å². The van der Waals surface area contributed by atoms with Gasteiger partial charge in [-0.15, -0.1) is 0 Å². The Bertz CT molecular complexity index is 249. The molecule has 1 aliphatic heterocycles. The highest BCUT2D eigenvalue weighted by Gasteiger charge is 2.26. The van der Waals surface area contributed by atoms with Crippen LogP contribution in [-0.2, 0) is 4.74 Å². The zero-order chi connectivity index (χ0) is 13.0. The van der Waals surface area contributed by atoms with Gasteiger partial charge in [0.05, 0.1) is 12.7 Å². The van der Waals surface area contributed by atoms with Crippen molar-refractivity contribution in [3.05, 3.63) is 0 Å². The normalized spacial score (nSPS) is 38.8. The van der Waals surface area contributed by atoms with Gasteiger partial charge in [-0.05, 0) is 25.7 Å². The summed E-state index contributed by atoms with van der Waals surface area (Å²) in [6.45, 7) is 10.4.